The molecule has 3 nitrogen and oxygen atoms in total. The lowest BCUT2D eigenvalue weighted by atomic mass is 10.2. The number of benzene rings is 1. The summed E-state index contributed by atoms with van der Waals surface area (Å²) in [5.74, 6) is -1.72. The standard InChI is InChI=1S/C15H18F2N2OS/c1-3-4-18-7-11-5-13(16)15(14(17)6-11)20-8-12-9-21-10(2)19-12/h5-6,9,18H,3-4,7-8H2,1-2H3. The second kappa shape index (κ2) is 7.47. The van der Waals surface area contributed by atoms with E-state index in [9.17, 15) is 8.78 Å². The van der Waals surface area contributed by atoms with Crippen LogP contribution in [0.25, 0.3) is 0 Å². The average Bonchev–Trinajstić information content (AvgIpc) is 2.84. The van der Waals surface area contributed by atoms with Crippen LogP contribution in [0.1, 0.15) is 29.6 Å². The Morgan fingerprint density at radius 1 is 1.29 bits per heavy atom. The lowest BCUT2D eigenvalue weighted by molar-refractivity contribution is 0.270. The van der Waals surface area contributed by atoms with Crippen LogP contribution >= 0.6 is 11.3 Å². The van der Waals surface area contributed by atoms with E-state index in [1.807, 2.05) is 19.2 Å². The molecule has 0 radical (unpaired) electrons. The highest BCUT2D eigenvalue weighted by Gasteiger charge is 2.13. The van der Waals surface area contributed by atoms with E-state index in [0.717, 1.165) is 18.0 Å². The van der Waals surface area contributed by atoms with Gasteiger partial charge < -0.3 is 10.1 Å². The van der Waals surface area contributed by atoms with Crippen LogP contribution in [0.4, 0.5) is 8.78 Å². The number of aromatic nitrogens is 1. The molecule has 0 fully saturated rings. The largest absolute Gasteiger partial charge is 0.481 e. The van der Waals surface area contributed by atoms with Gasteiger partial charge in [-0.1, -0.05) is 6.92 Å². The SMILES string of the molecule is CCCNCc1cc(F)c(OCc2csc(C)n2)c(F)c1. The Hall–Kier alpha value is -1.53. The quantitative estimate of drug-likeness (QED) is 0.790. The fourth-order valence-electron chi connectivity index (χ4n) is 1.88. The van der Waals surface area contributed by atoms with E-state index in [2.05, 4.69) is 10.3 Å². The first kappa shape index (κ1) is 15.9. The molecule has 6 heteroatoms. The van der Waals surface area contributed by atoms with E-state index in [-0.39, 0.29) is 12.4 Å². The summed E-state index contributed by atoms with van der Waals surface area (Å²) >= 11 is 1.47. The van der Waals surface area contributed by atoms with Gasteiger partial charge in [-0.05, 0) is 37.6 Å². The van der Waals surface area contributed by atoms with Gasteiger partial charge in [-0.3, -0.25) is 0 Å². The van der Waals surface area contributed by atoms with Crippen molar-refractivity contribution in [2.45, 2.75) is 33.4 Å². The smallest absolute Gasteiger partial charge is 0.191 e. The fourth-order valence-corrected chi connectivity index (χ4v) is 2.48. The van der Waals surface area contributed by atoms with Crippen LogP contribution < -0.4 is 10.1 Å². The Morgan fingerprint density at radius 2 is 2.00 bits per heavy atom. The molecule has 2 aromatic rings. The van der Waals surface area contributed by atoms with Crippen molar-refractivity contribution < 1.29 is 13.5 Å². The summed E-state index contributed by atoms with van der Waals surface area (Å²) in [7, 11) is 0. The second-order valence-electron chi connectivity index (χ2n) is 4.71. The van der Waals surface area contributed by atoms with Gasteiger partial charge in [0.1, 0.15) is 6.61 Å². The zero-order valence-corrected chi connectivity index (χ0v) is 12.9. The van der Waals surface area contributed by atoms with Crippen LogP contribution in [0.2, 0.25) is 0 Å². The van der Waals surface area contributed by atoms with Gasteiger partial charge in [-0.25, -0.2) is 13.8 Å². The minimum absolute atomic E-state index is 0.0611. The Labute approximate surface area is 127 Å². The predicted molar refractivity (Wildman–Crippen MR) is 79.5 cm³/mol. The third-order valence-electron chi connectivity index (χ3n) is 2.84. The molecule has 1 heterocycles. The van der Waals surface area contributed by atoms with Crippen molar-refractivity contribution in [3.05, 3.63) is 45.4 Å². The molecule has 0 saturated heterocycles. The maximum atomic E-state index is 13.9. The van der Waals surface area contributed by atoms with Crippen LogP contribution in [0.5, 0.6) is 5.75 Å². The van der Waals surface area contributed by atoms with Crippen molar-refractivity contribution in [3.8, 4) is 5.75 Å². The van der Waals surface area contributed by atoms with Gasteiger partial charge in [0.25, 0.3) is 0 Å². The van der Waals surface area contributed by atoms with Crippen LogP contribution in [0.3, 0.4) is 0 Å². The average molecular weight is 312 g/mol. The van der Waals surface area contributed by atoms with Crippen molar-refractivity contribution in [1.82, 2.24) is 10.3 Å². The Bertz CT molecular complexity index is 578. The molecule has 2 rings (SSSR count). The molecule has 0 saturated carbocycles. The van der Waals surface area contributed by atoms with E-state index in [1.165, 1.54) is 23.5 Å². The van der Waals surface area contributed by atoms with Gasteiger partial charge >= 0.3 is 0 Å². The first-order valence-electron chi connectivity index (χ1n) is 6.82. The maximum Gasteiger partial charge on any atom is 0.191 e. The van der Waals surface area contributed by atoms with Crippen LogP contribution in [-0.4, -0.2) is 11.5 Å². The Kier molecular flexibility index (Phi) is 5.64. The number of thiazole rings is 1. The molecule has 0 unspecified atom stereocenters. The molecule has 0 amide bonds. The molecule has 21 heavy (non-hydrogen) atoms. The number of ether oxygens (including phenoxy) is 1. The van der Waals surface area contributed by atoms with Gasteiger partial charge in [-0.15, -0.1) is 11.3 Å². The van der Waals surface area contributed by atoms with E-state index in [4.69, 9.17) is 4.74 Å². The molecule has 0 aliphatic heterocycles. The molecular weight excluding hydrogens is 294 g/mol. The van der Waals surface area contributed by atoms with E-state index in [1.54, 1.807) is 0 Å². The predicted octanol–water partition coefficient (Wildman–Crippen LogP) is 3.81. The molecule has 114 valence electrons. The van der Waals surface area contributed by atoms with Gasteiger partial charge in [0, 0.05) is 11.9 Å². The molecule has 0 spiro atoms. The van der Waals surface area contributed by atoms with Gasteiger partial charge in [0.15, 0.2) is 17.4 Å². The zero-order chi connectivity index (χ0) is 15.2. The summed E-state index contributed by atoms with van der Waals surface area (Å²) in [4.78, 5) is 4.19. The van der Waals surface area contributed by atoms with E-state index < -0.39 is 11.6 Å². The van der Waals surface area contributed by atoms with Crippen molar-refractivity contribution in [2.24, 2.45) is 0 Å². The highest BCUT2D eigenvalue weighted by atomic mass is 32.1. The molecule has 1 N–H and O–H groups in total. The molecule has 0 aliphatic rings. The molecule has 0 aliphatic carbocycles. The van der Waals surface area contributed by atoms with Crippen molar-refractivity contribution in [1.29, 1.82) is 0 Å². The molecule has 0 atom stereocenters. The zero-order valence-electron chi connectivity index (χ0n) is 12.1. The number of halogens is 2. The van der Waals surface area contributed by atoms with Crippen LogP contribution in [-0.2, 0) is 13.2 Å². The number of hydrogen-bond acceptors (Lipinski definition) is 4. The Balaban J connectivity index is 2.02. The number of hydrogen-bond donors (Lipinski definition) is 1. The summed E-state index contributed by atoms with van der Waals surface area (Å²) in [6.45, 7) is 5.21. The van der Waals surface area contributed by atoms with E-state index >= 15 is 0 Å². The van der Waals surface area contributed by atoms with Crippen molar-refractivity contribution in [2.75, 3.05) is 6.54 Å². The third-order valence-corrected chi connectivity index (χ3v) is 3.67. The van der Waals surface area contributed by atoms with Gasteiger partial charge in [0.05, 0.1) is 10.7 Å². The van der Waals surface area contributed by atoms with Crippen LogP contribution in [0.15, 0.2) is 17.5 Å². The first-order chi connectivity index (χ1) is 10.1. The highest BCUT2D eigenvalue weighted by Crippen LogP contribution is 2.24. The third kappa shape index (κ3) is 4.47. The molecule has 0 bridgehead atoms. The highest BCUT2D eigenvalue weighted by molar-refractivity contribution is 7.09. The molecule has 1 aromatic heterocycles. The summed E-state index contributed by atoms with van der Waals surface area (Å²) in [6.07, 6.45) is 0.971. The molecular formula is C15H18F2N2OS. The normalized spacial score (nSPS) is 10.9. The van der Waals surface area contributed by atoms with E-state index in [0.29, 0.717) is 17.8 Å². The topological polar surface area (TPSA) is 34.1 Å². The second-order valence-corrected chi connectivity index (χ2v) is 5.77. The summed E-state index contributed by atoms with van der Waals surface area (Å²) < 4.78 is 33.1. The number of nitrogens with one attached hydrogen (secondary N) is 1. The Morgan fingerprint density at radius 3 is 2.57 bits per heavy atom. The number of nitrogens with zero attached hydrogens (tertiary/aromatic N) is 1. The minimum Gasteiger partial charge on any atom is -0.481 e. The monoisotopic (exact) mass is 312 g/mol. The summed E-state index contributed by atoms with van der Waals surface area (Å²) in [5.41, 5.74) is 1.24. The lowest BCUT2D eigenvalue weighted by Crippen LogP contribution is -2.14. The van der Waals surface area contributed by atoms with Gasteiger partial charge in [-0.2, -0.15) is 0 Å². The van der Waals surface area contributed by atoms with Crippen LogP contribution in [0, 0.1) is 18.6 Å². The number of rotatable bonds is 7. The number of aryl methyl sites for hydroxylation is 1. The first-order valence-corrected chi connectivity index (χ1v) is 7.70. The summed E-state index contributed by atoms with van der Waals surface area (Å²) in [5, 5.41) is 5.81. The van der Waals surface area contributed by atoms with Gasteiger partial charge in [0.2, 0.25) is 0 Å². The fraction of sp³-hybridized carbons (Fsp3) is 0.400. The lowest BCUT2D eigenvalue weighted by Gasteiger charge is -2.10. The maximum absolute atomic E-state index is 13.9. The van der Waals surface area contributed by atoms with Crippen molar-refractivity contribution in [3.63, 3.8) is 0 Å². The summed E-state index contributed by atoms with van der Waals surface area (Å²) in [6, 6.07) is 2.60. The molecule has 1 aromatic carbocycles. The van der Waals surface area contributed by atoms with Crippen molar-refractivity contribution >= 4 is 11.3 Å². The minimum atomic E-state index is -0.685.